The molecule has 1 saturated heterocycles. The quantitative estimate of drug-likeness (QED) is 0.803. The van der Waals surface area contributed by atoms with Crippen LogP contribution in [0.4, 0.5) is 0 Å². The zero-order chi connectivity index (χ0) is 14.4. The highest BCUT2D eigenvalue weighted by molar-refractivity contribution is 5.79. The topological polar surface area (TPSA) is 60.9 Å². The second kappa shape index (κ2) is 7.62. The molecule has 1 heterocycles. The number of carbonyl (C=O) groups excluding carboxylic acids is 1. The minimum absolute atomic E-state index is 0.0178. The van der Waals surface area contributed by atoms with Gasteiger partial charge in [0.25, 0.3) is 0 Å². The summed E-state index contributed by atoms with van der Waals surface area (Å²) < 4.78 is 0. The van der Waals surface area contributed by atoms with Crippen LogP contribution in [-0.4, -0.2) is 59.5 Å². The van der Waals surface area contributed by atoms with Crippen molar-refractivity contribution in [2.24, 2.45) is 5.92 Å². The predicted octanol–water partition coefficient (Wildman–Crippen LogP) is 1.58. The molecular weight excluding hydrogens is 256 g/mol. The third kappa shape index (κ3) is 5.49. The molecule has 20 heavy (non-hydrogen) atoms. The Morgan fingerprint density at radius 3 is 2.15 bits per heavy atom. The maximum Gasteiger partial charge on any atom is 0.317 e. The van der Waals surface area contributed by atoms with Crippen LogP contribution in [0.1, 0.15) is 44.9 Å². The van der Waals surface area contributed by atoms with Crippen LogP contribution >= 0.6 is 0 Å². The first kappa shape index (κ1) is 15.3. The SMILES string of the molecule is O=C(O)CN(CC(=O)N1CCCCCCC1)CC1CC1. The highest BCUT2D eigenvalue weighted by Crippen LogP contribution is 2.29. The summed E-state index contributed by atoms with van der Waals surface area (Å²) in [5.41, 5.74) is 0. The smallest absolute Gasteiger partial charge is 0.317 e. The summed E-state index contributed by atoms with van der Waals surface area (Å²) in [4.78, 5) is 27.0. The van der Waals surface area contributed by atoms with Crippen molar-refractivity contribution in [3.8, 4) is 0 Å². The van der Waals surface area contributed by atoms with E-state index in [4.69, 9.17) is 5.11 Å². The van der Waals surface area contributed by atoms with Gasteiger partial charge in [-0.2, -0.15) is 0 Å². The van der Waals surface area contributed by atoms with Crippen LogP contribution in [0, 0.1) is 5.92 Å². The number of carboxylic acid groups (broad SMARTS) is 1. The Kier molecular flexibility index (Phi) is 5.83. The number of carboxylic acids is 1. The van der Waals surface area contributed by atoms with E-state index in [-0.39, 0.29) is 19.0 Å². The van der Waals surface area contributed by atoms with Crippen LogP contribution in [0.3, 0.4) is 0 Å². The molecule has 1 amide bonds. The van der Waals surface area contributed by atoms with Crippen molar-refractivity contribution >= 4 is 11.9 Å². The van der Waals surface area contributed by atoms with Crippen LogP contribution in [0.5, 0.6) is 0 Å². The van der Waals surface area contributed by atoms with Crippen LogP contribution in [0.25, 0.3) is 0 Å². The molecule has 2 aliphatic rings. The molecule has 1 saturated carbocycles. The maximum atomic E-state index is 12.3. The molecule has 0 spiro atoms. The third-order valence-electron chi connectivity index (χ3n) is 4.14. The van der Waals surface area contributed by atoms with Gasteiger partial charge in [-0.25, -0.2) is 0 Å². The fraction of sp³-hybridized carbons (Fsp3) is 0.867. The van der Waals surface area contributed by atoms with Crippen molar-refractivity contribution in [1.82, 2.24) is 9.80 Å². The average Bonchev–Trinajstić information content (AvgIpc) is 3.10. The zero-order valence-electron chi connectivity index (χ0n) is 12.2. The highest BCUT2D eigenvalue weighted by atomic mass is 16.4. The Bertz CT molecular complexity index is 334. The summed E-state index contributed by atoms with van der Waals surface area (Å²) in [5, 5.41) is 8.96. The molecule has 0 radical (unpaired) electrons. The van der Waals surface area contributed by atoms with Crippen molar-refractivity contribution in [3.63, 3.8) is 0 Å². The predicted molar refractivity (Wildman–Crippen MR) is 76.5 cm³/mol. The number of likely N-dealkylation sites (tertiary alicyclic amines) is 1. The number of hydrogen-bond acceptors (Lipinski definition) is 3. The molecule has 5 nitrogen and oxygen atoms in total. The summed E-state index contributed by atoms with van der Waals surface area (Å²) in [6.45, 7) is 2.68. The number of rotatable bonds is 6. The second-order valence-corrected chi connectivity index (χ2v) is 6.16. The molecular formula is C15H26N2O3. The number of aliphatic carboxylic acids is 1. The van der Waals surface area contributed by atoms with E-state index >= 15 is 0 Å². The highest BCUT2D eigenvalue weighted by Gasteiger charge is 2.27. The lowest BCUT2D eigenvalue weighted by Crippen LogP contribution is -2.44. The standard InChI is InChI=1S/C15H26N2O3/c18-14(17-8-4-2-1-3-5-9-17)11-16(12-15(19)20)10-13-6-7-13/h13H,1-12H2,(H,19,20). The van der Waals surface area contributed by atoms with Gasteiger partial charge in [0, 0.05) is 19.6 Å². The number of amides is 1. The van der Waals surface area contributed by atoms with E-state index in [1.54, 1.807) is 4.90 Å². The van der Waals surface area contributed by atoms with Crippen molar-refractivity contribution in [1.29, 1.82) is 0 Å². The third-order valence-corrected chi connectivity index (χ3v) is 4.14. The Morgan fingerprint density at radius 2 is 1.60 bits per heavy atom. The molecule has 0 unspecified atom stereocenters. The van der Waals surface area contributed by atoms with E-state index in [2.05, 4.69) is 0 Å². The molecule has 1 aliphatic carbocycles. The molecule has 2 rings (SSSR count). The molecule has 2 fully saturated rings. The largest absolute Gasteiger partial charge is 0.480 e. The van der Waals surface area contributed by atoms with E-state index in [1.807, 2.05) is 4.90 Å². The molecule has 0 aromatic carbocycles. The van der Waals surface area contributed by atoms with Crippen LogP contribution in [0.2, 0.25) is 0 Å². The van der Waals surface area contributed by atoms with Gasteiger partial charge in [0.2, 0.25) is 5.91 Å². The van der Waals surface area contributed by atoms with E-state index in [0.29, 0.717) is 5.92 Å². The first-order valence-corrected chi connectivity index (χ1v) is 7.87. The van der Waals surface area contributed by atoms with Gasteiger partial charge >= 0.3 is 5.97 Å². The van der Waals surface area contributed by atoms with Crippen LogP contribution in [0.15, 0.2) is 0 Å². The zero-order valence-corrected chi connectivity index (χ0v) is 12.2. The van der Waals surface area contributed by atoms with Crippen LogP contribution < -0.4 is 0 Å². The Balaban J connectivity index is 1.82. The lowest BCUT2D eigenvalue weighted by molar-refractivity contribution is -0.139. The normalized spacial score (nSPS) is 20.6. The maximum absolute atomic E-state index is 12.3. The van der Waals surface area contributed by atoms with Gasteiger partial charge in [0.15, 0.2) is 0 Å². The molecule has 0 aromatic heterocycles. The molecule has 0 bridgehead atoms. The molecule has 114 valence electrons. The molecule has 0 atom stereocenters. The van der Waals surface area contributed by atoms with Gasteiger partial charge in [-0.1, -0.05) is 19.3 Å². The van der Waals surface area contributed by atoms with Crippen LogP contribution in [-0.2, 0) is 9.59 Å². The lowest BCUT2D eigenvalue weighted by Gasteiger charge is -2.28. The molecule has 0 aromatic rings. The minimum Gasteiger partial charge on any atom is -0.480 e. The first-order valence-electron chi connectivity index (χ1n) is 7.87. The summed E-state index contributed by atoms with van der Waals surface area (Å²) >= 11 is 0. The molecule has 5 heteroatoms. The van der Waals surface area contributed by atoms with Gasteiger partial charge in [0.1, 0.15) is 0 Å². The summed E-state index contributed by atoms with van der Waals surface area (Å²) in [6, 6.07) is 0. The van der Waals surface area contributed by atoms with Crippen molar-refractivity contribution in [2.75, 3.05) is 32.7 Å². The molecule has 1 N–H and O–H groups in total. The Labute approximate surface area is 120 Å². The summed E-state index contributed by atoms with van der Waals surface area (Å²) in [6.07, 6.45) is 8.17. The Hall–Kier alpha value is -1.10. The van der Waals surface area contributed by atoms with E-state index in [0.717, 1.165) is 32.5 Å². The lowest BCUT2D eigenvalue weighted by atomic mass is 10.1. The number of hydrogen-bond donors (Lipinski definition) is 1. The summed E-state index contributed by atoms with van der Waals surface area (Å²) in [5.74, 6) is -0.130. The second-order valence-electron chi connectivity index (χ2n) is 6.16. The minimum atomic E-state index is -0.842. The fourth-order valence-electron chi connectivity index (χ4n) is 2.83. The number of carbonyl (C=O) groups is 2. The Morgan fingerprint density at radius 1 is 1.00 bits per heavy atom. The van der Waals surface area contributed by atoms with Gasteiger partial charge in [-0.15, -0.1) is 0 Å². The van der Waals surface area contributed by atoms with Crippen molar-refractivity contribution < 1.29 is 14.7 Å². The van der Waals surface area contributed by atoms with Gasteiger partial charge < -0.3 is 10.0 Å². The average molecular weight is 282 g/mol. The monoisotopic (exact) mass is 282 g/mol. The summed E-state index contributed by atoms with van der Waals surface area (Å²) in [7, 11) is 0. The molecule has 1 aliphatic heterocycles. The van der Waals surface area contributed by atoms with Gasteiger partial charge in [0.05, 0.1) is 13.1 Å². The van der Waals surface area contributed by atoms with E-state index < -0.39 is 5.97 Å². The first-order chi connectivity index (χ1) is 9.65. The van der Waals surface area contributed by atoms with Crippen molar-refractivity contribution in [2.45, 2.75) is 44.9 Å². The van der Waals surface area contributed by atoms with Gasteiger partial charge in [-0.3, -0.25) is 14.5 Å². The van der Waals surface area contributed by atoms with Crippen molar-refractivity contribution in [3.05, 3.63) is 0 Å². The number of nitrogens with zero attached hydrogens (tertiary/aromatic N) is 2. The fourth-order valence-corrected chi connectivity index (χ4v) is 2.83. The van der Waals surface area contributed by atoms with Gasteiger partial charge in [-0.05, 0) is 31.6 Å². The van der Waals surface area contributed by atoms with E-state index in [9.17, 15) is 9.59 Å². The van der Waals surface area contributed by atoms with E-state index in [1.165, 1.54) is 32.1 Å².